The summed E-state index contributed by atoms with van der Waals surface area (Å²) >= 11 is 0. The lowest BCUT2D eigenvalue weighted by Gasteiger charge is -2.28. The molecule has 1 unspecified atom stereocenters. The quantitative estimate of drug-likeness (QED) is 0.172. The average molecular weight is 664 g/mol. The summed E-state index contributed by atoms with van der Waals surface area (Å²) in [5.74, 6) is -1.33. The van der Waals surface area contributed by atoms with Crippen LogP contribution in [-0.2, 0) is 38.5 Å². The molecule has 9 nitrogen and oxygen atoms in total. The van der Waals surface area contributed by atoms with E-state index in [1.54, 1.807) is 36.4 Å². The summed E-state index contributed by atoms with van der Waals surface area (Å²) < 4.78 is 40.7. The first-order valence-corrected chi connectivity index (χ1v) is 18.2. The van der Waals surface area contributed by atoms with Gasteiger partial charge in [-0.1, -0.05) is 84.9 Å². The summed E-state index contributed by atoms with van der Waals surface area (Å²) in [6.45, 7) is 5.63. The summed E-state index contributed by atoms with van der Waals surface area (Å²) in [6.07, 6.45) is 0.0409. The van der Waals surface area contributed by atoms with E-state index in [2.05, 4.69) is 15.4 Å². The first-order valence-electron chi connectivity index (χ1n) is 15.0. The SMILES string of the molecule is CC(C)(C)NC(=O)c1ccccc1C[C@@H](O)[C@H](Cc1ccccc1)NC(=O)[C@H](CS(=O)c1cccc2ccccc12)NS(C)(=O)=O. The van der Waals surface area contributed by atoms with Gasteiger partial charge < -0.3 is 15.7 Å². The van der Waals surface area contributed by atoms with E-state index in [0.29, 0.717) is 16.0 Å². The van der Waals surface area contributed by atoms with Crippen LogP contribution in [0, 0.1) is 0 Å². The zero-order chi connectivity index (χ0) is 33.5. The standard InChI is InChI=1S/C35H41N3O6S2/c1-35(2,3)37-33(40)28-19-11-9-16-26(28)22-31(39)29(21-24-13-6-5-7-14-24)36-34(41)30(38-46(4,43)44)23-45(42)32-20-12-17-25-15-8-10-18-27(25)32/h5-20,29-31,38-39H,21-23H2,1-4H3,(H,36,41)(H,37,40)/t29-,30-,31+,45?/m0/s1. The van der Waals surface area contributed by atoms with Gasteiger partial charge >= 0.3 is 0 Å². The lowest BCUT2D eigenvalue weighted by Crippen LogP contribution is -2.55. The molecule has 46 heavy (non-hydrogen) atoms. The molecule has 0 heterocycles. The Kier molecular flexibility index (Phi) is 11.5. The highest BCUT2D eigenvalue weighted by Crippen LogP contribution is 2.22. The van der Waals surface area contributed by atoms with Gasteiger partial charge in [-0.2, -0.15) is 0 Å². The molecule has 0 bridgehead atoms. The first kappa shape index (κ1) is 35.0. The minimum Gasteiger partial charge on any atom is -0.391 e. The number of rotatable bonds is 13. The highest BCUT2D eigenvalue weighted by atomic mass is 32.2. The molecule has 0 aromatic heterocycles. The molecule has 244 valence electrons. The molecule has 4 aromatic carbocycles. The average Bonchev–Trinajstić information content (AvgIpc) is 2.99. The van der Waals surface area contributed by atoms with Gasteiger partial charge in [-0.3, -0.25) is 13.8 Å². The van der Waals surface area contributed by atoms with Gasteiger partial charge in [0, 0.05) is 22.4 Å². The monoisotopic (exact) mass is 663 g/mol. The van der Waals surface area contributed by atoms with E-state index in [4.69, 9.17) is 0 Å². The van der Waals surface area contributed by atoms with Crippen molar-refractivity contribution in [2.24, 2.45) is 0 Å². The van der Waals surface area contributed by atoms with Crippen molar-refractivity contribution >= 4 is 43.4 Å². The number of carbonyl (C=O) groups excluding carboxylic acids is 2. The van der Waals surface area contributed by atoms with Crippen LogP contribution in [0.5, 0.6) is 0 Å². The second-order valence-electron chi connectivity index (χ2n) is 12.4. The fourth-order valence-electron chi connectivity index (χ4n) is 5.19. The smallest absolute Gasteiger partial charge is 0.251 e. The zero-order valence-electron chi connectivity index (χ0n) is 26.4. The Bertz CT molecular complexity index is 1800. The predicted molar refractivity (Wildman–Crippen MR) is 182 cm³/mol. The van der Waals surface area contributed by atoms with Gasteiger partial charge in [0.1, 0.15) is 6.04 Å². The van der Waals surface area contributed by atoms with Crippen LogP contribution in [0.3, 0.4) is 0 Å². The number of benzene rings is 4. The maximum atomic E-state index is 13.8. The van der Waals surface area contributed by atoms with Crippen LogP contribution >= 0.6 is 0 Å². The minimum atomic E-state index is -3.88. The van der Waals surface area contributed by atoms with E-state index in [0.717, 1.165) is 22.6 Å². The van der Waals surface area contributed by atoms with Crippen LogP contribution in [0.2, 0.25) is 0 Å². The van der Waals surface area contributed by atoms with Gasteiger partial charge in [-0.15, -0.1) is 0 Å². The highest BCUT2D eigenvalue weighted by molar-refractivity contribution is 7.89. The molecule has 0 spiro atoms. The van der Waals surface area contributed by atoms with E-state index in [9.17, 15) is 27.3 Å². The normalized spacial score (nSPS) is 14.6. The summed E-state index contributed by atoms with van der Waals surface area (Å²) in [5, 5.41) is 19.0. The molecule has 0 aliphatic carbocycles. The number of hydrogen-bond donors (Lipinski definition) is 4. The highest BCUT2D eigenvalue weighted by Gasteiger charge is 2.31. The largest absolute Gasteiger partial charge is 0.391 e. The number of aliphatic hydroxyl groups excluding tert-OH is 1. The Balaban J connectivity index is 1.61. The number of sulfonamides is 1. The number of hydrogen-bond acceptors (Lipinski definition) is 6. The molecule has 0 saturated heterocycles. The molecule has 0 radical (unpaired) electrons. The van der Waals surface area contributed by atoms with E-state index in [1.165, 1.54) is 0 Å². The molecule has 0 saturated carbocycles. The molecule has 4 aromatic rings. The summed E-state index contributed by atoms with van der Waals surface area (Å²) in [7, 11) is -5.63. The number of amides is 2. The molecular weight excluding hydrogens is 623 g/mol. The Labute approximate surface area is 273 Å². The Morgan fingerprint density at radius 3 is 2.17 bits per heavy atom. The van der Waals surface area contributed by atoms with Crippen molar-refractivity contribution in [1.82, 2.24) is 15.4 Å². The van der Waals surface area contributed by atoms with Crippen molar-refractivity contribution in [2.45, 2.75) is 62.2 Å². The zero-order valence-corrected chi connectivity index (χ0v) is 28.0. The summed E-state index contributed by atoms with van der Waals surface area (Å²) in [4.78, 5) is 27.3. The fourth-order valence-corrected chi connectivity index (χ4v) is 7.38. The topological polar surface area (TPSA) is 142 Å². The molecular formula is C35H41N3O6S2. The van der Waals surface area contributed by atoms with Crippen LogP contribution in [0.15, 0.2) is 102 Å². The van der Waals surface area contributed by atoms with Crippen molar-refractivity contribution in [2.75, 3.05) is 12.0 Å². The van der Waals surface area contributed by atoms with E-state index in [1.807, 2.05) is 81.4 Å². The van der Waals surface area contributed by atoms with Crippen LogP contribution < -0.4 is 15.4 Å². The van der Waals surface area contributed by atoms with Crippen LogP contribution in [-0.4, -0.2) is 65.3 Å². The molecule has 0 aliphatic rings. The Morgan fingerprint density at radius 2 is 1.48 bits per heavy atom. The molecule has 4 rings (SSSR count). The molecule has 11 heteroatoms. The van der Waals surface area contributed by atoms with Crippen molar-refractivity contribution in [3.05, 3.63) is 114 Å². The van der Waals surface area contributed by atoms with Gasteiger partial charge in [-0.05, 0) is 61.2 Å². The van der Waals surface area contributed by atoms with Gasteiger partial charge in [0.15, 0.2) is 0 Å². The van der Waals surface area contributed by atoms with Crippen LogP contribution in [0.1, 0.15) is 42.3 Å². The number of aliphatic hydroxyl groups is 1. The number of fused-ring (bicyclic) bond motifs is 1. The van der Waals surface area contributed by atoms with Crippen molar-refractivity contribution in [3.63, 3.8) is 0 Å². The van der Waals surface area contributed by atoms with Crippen molar-refractivity contribution < 1.29 is 27.3 Å². The molecule has 0 fully saturated rings. The third-order valence-corrected chi connectivity index (χ3v) is 9.45. The molecule has 0 aliphatic heterocycles. The predicted octanol–water partition coefficient (Wildman–Crippen LogP) is 3.72. The first-order chi connectivity index (χ1) is 21.7. The van der Waals surface area contributed by atoms with E-state index < -0.39 is 50.5 Å². The third kappa shape index (κ3) is 10.1. The van der Waals surface area contributed by atoms with Gasteiger partial charge in [-0.25, -0.2) is 13.1 Å². The fraction of sp³-hybridized carbons (Fsp3) is 0.314. The molecule has 2 amide bonds. The van der Waals surface area contributed by atoms with Crippen molar-refractivity contribution in [3.8, 4) is 0 Å². The number of carbonyl (C=O) groups is 2. The molecule has 4 N–H and O–H groups in total. The maximum absolute atomic E-state index is 13.8. The summed E-state index contributed by atoms with van der Waals surface area (Å²) in [6, 6.07) is 26.7. The van der Waals surface area contributed by atoms with Crippen molar-refractivity contribution in [1.29, 1.82) is 0 Å². The number of nitrogens with one attached hydrogen (secondary N) is 3. The second-order valence-corrected chi connectivity index (χ2v) is 15.6. The summed E-state index contributed by atoms with van der Waals surface area (Å²) in [5.41, 5.74) is 1.35. The second kappa shape index (κ2) is 15.1. The van der Waals surface area contributed by atoms with Gasteiger partial charge in [0.2, 0.25) is 15.9 Å². The Morgan fingerprint density at radius 1 is 0.848 bits per heavy atom. The Hall–Kier alpha value is -3.90. The van der Waals surface area contributed by atoms with E-state index in [-0.39, 0.29) is 24.5 Å². The van der Waals surface area contributed by atoms with E-state index >= 15 is 0 Å². The van der Waals surface area contributed by atoms with Gasteiger partial charge in [0.25, 0.3) is 5.91 Å². The van der Waals surface area contributed by atoms with Crippen LogP contribution in [0.25, 0.3) is 10.8 Å². The lowest BCUT2D eigenvalue weighted by atomic mass is 9.93. The third-order valence-electron chi connectivity index (χ3n) is 7.26. The molecule has 4 atom stereocenters. The lowest BCUT2D eigenvalue weighted by molar-refractivity contribution is -0.123. The van der Waals surface area contributed by atoms with Crippen LogP contribution in [0.4, 0.5) is 0 Å². The minimum absolute atomic E-state index is 0.0393. The van der Waals surface area contributed by atoms with Gasteiger partial charge in [0.05, 0.1) is 35.0 Å². The maximum Gasteiger partial charge on any atom is 0.251 e.